The second-order valence-corrected chi connectivity index (χ2v) is 5.35. The molecule has 5 nitrogen and oxygen atoms in total. The van der Waals surface area contributed by atoms with Crippen molar-refractivity contribution in [2.24, 2.45) is 5.84 Å². The summed E-state index contributed by atoms with van der Waals surface area (Å²) in [5.74, 6) is 5.40. The number of nitrogens with two attached hydrogens (primary N) is 1. The second kappa shape index (κ2) is 3.55. The maximum atomic E-state index is 11.0. The van der Waals surface area contributed by atoms with E-state index >= 15 is 0 Å². The molecular weight excluding hydrogens is 198 g/mol. The lowest BCUT2D eigenvalue weighted by atomic mass is 10.3. The van der Waals surface area contributed by atoms with Gasteiger partial charge in [0, 0.05) is 6.04 Å². The highest BCUT2D eigenvalue weighted by atomic mass is 32.2. The summed E-state index contributed by atoms with van der Waals surface area (Å²) in [7, 11) is -2.84. The van der Waals surface area contributed by atoms with Crippen molar-refractivity contribution in [3.8, 4) is 0 Å². The maximum Gasteiger partial charge on any atom is 0.180 e. The summed E-state index contributed by atoms with van der Waals surface area (Å²) < 4.78 is 22.0. The minimum absolute atomic E-state index is 0.0847. The largest absolute Gasteiger partial charge is 0.358 e. The molecule has 0 aromatic rings. The molecule has 4 N–H and O–H groups in total. The minimum atomic E-state index is -2.84. The van der Waals surface area contributed by atoms with Crippen molar-refractivity contribution in [2.75, 3.05) is 11.5 Å². The molecule has 0 aliphatic carbocycles. The van der Waals surface area contributed by atoms with E-state index in [0.29, 0.717) is 6.42 Å². The quantitative estimate of drug-likeness (QED) is 0.277. The third-order valence-electron chi connectivity index (χ3n) is 1.70. The molecule has 0 spiro atoms. The van der Waals surface area contributed by atoms with Gasteiger partial charge in [-0.3, -0.25) is 0 Å². The maximum absolute atomic E-state index is 11.0. The highest BCUT2D eigenvalue weighted by Gasteiger charge is 2.27. The van der Waals surface area contributed by atoms with Crippen LogP contribution in [0.25, 0.3) is 0 Å². The smallest absolute Gasteiger partial charge is 0.180 e. The zero-order valence-electron chi connectivity index (χ0n) is 6.41. The fraction of sp³-hybridized carbons (Fsp3) is 0.800. The number of hydrogen-bond acceptors (Lipinski definition) is 4. The topological polar surface area (TPSA) is 84.2 Å². The van der Waals surface area contributed by atoms with E-state index in [-0.39, 0.29) is 22.7 Å². The number of sulfone groups is 1. The molecule has 0 aromatic carbocycles. The van der Waals surface area contributed by atoms with E-state index < -0.39 is 9.84 Å². The molecule has 0 amide bonds. The Labute approximate surface area is 76.6 Å². The lowest BCUT2D eigenvalue weighted by Gasteiger charge is -2.11. The van der Waals surface area contributed by atoms with Crippen LogP contribution in [0.4, 0.5) is 0 Å². The minimum Gasteiger partial charge on any atom is -0.358 e. The molecule has 12 heavy (non-hydrogen) atoms. The molecule has 70 valence electrons. The van der Waals surface area contributed by atoms with E-state index in [1.54, 1.807) is 0 Å². The van der Waals surface area contributed by atoms with E-state index in [9.17, 15) is 8.42 Å². The molecule has 0 aromatic heterocycles. The van der Waals surface area contributed by atoms with Crippen LogP contribution in [0.5, 0.6) is 0 Å². The Morgan fingerprint density at radius 3 is 2.67 bits per heavy atom. The SMILES string of the molecule is NNC(=S)N[C@@H]1CCS(=O)(=O)C1. The monoisotopic (exact) mass is 209 g/mol. The Balaban J connectivity index is 2.43. The molecule has 1 atom stereocenters. The predicted octanol–water partition coefficient (Wildman–Crippen LogP) is -1.49. The normalized spacial score (nSPS) is 26.6. The standard InChI is InChI=1S/C5H11N3O2S2/c6-8-5(11)7-4-1-2-12(9,10)3-4/h4H,1-3,6H2,(H2,7,8,11)/t4-/m1/s1. The second-order valence-electron chi connectivity index (χ2n) is 2.72. The number of nitrogens with one attached hydrogen (secondary N) is 2. The van der Waals surface area contributed by atoms with Crippen LogP contribution < -0.4 is 16.6 Å². The van der Waals surface area contributed by atoms with Crippen LogP contribution in [0.1, 0.15) is 6.42 Å². The van der Waals surface area contributed by atoms with Crippen LogP contribution >= 0.6 is 12.2 Å². The van der Waals surface area contributed by atoms with Gasteiger partial charge < -0.3 is 10.7 Å². The molecule has 0 bridgehead atoms. The molecule has 1 aliphatic rings. The first-order valence-corrected chi connectivity index (χ1v) is 5.74. The van der Waals surface area contributed by atoms with Gasteiger partial charge in [0.05, 0.1) is 11.5 Å². The lowest BCUT2D eigenvalue weighted by Crippen LogP contribution is -2.45. The molecule has 0 radical (unpaired) electrons. The van der Waals surface area contributed by atoms with E-state index in [2.05, 4.69) is 10.7 Å². The van der Waals surface area contributed by atoms with Crippen LogP contribution in [0.15, 0.2) is 0 Å². The summed E-state index contributed by atoms with van der Waals surface area (Å²) in [5, 5.41) is 3.09. The average molecular weight is 209 g/mol. The Kier molecular flexibility index (Phi) is 2.86. The van der Waals surface area contributed by atoms with E-state index in [4.69, 9.17) is 18.1 Å². The van der Waals surface area contributed by atoms with Gasteiger partial charge in [-0.15, -0.1) is 0 Å². The van der Waals surface area contributed by atoms with Crippen molar-refractivity contribution in [1.29, 1.82) is 0 Å². The number of thiocarbonyl (C=S) groups is 1. The van der Waals surface area contributed by atoms with Crippen LogP contribution in [-0.2, 0) is 9.84 Å². The zero-order valence-corrected chi connectivity index (χ0v) is 8.04. The van der Waals surface area contributed by atoms with Crippen molar-refractivity contribution in [1.82, 2.24) is 10.7 Å². The summed E-state index contributed by atoms with van der Waals surface area (Å²) in [4.78, 5) is 0. The average Bonchev–Trinajstić information content (AvgIpc) is 2.30. The summed E-state index contributed by atoms with van der Waals surface area (Å²) in [6.45, 7) is 0. The molecule has 1 saturated heterocycles. The van der Waals surface area contributed by atoms with Gasteiger partial charge in [-0.25, -0.2) is 14.3 Å². The van der Waals surface area contributed by atoms with Crippen LogP contribution in [0, 0.1) is 0 Å². The highest BCUT2D eigenvalue weighted by Crippen LogP contribution is 2.10. The number of rotatable bonds is 1. The molecule has 0 unspecified atom stereocenters. The van der Waals surface area contributed by atoms with Gasteiger partial charge in [0.2, 0.25) is 0 Å². The first-order valence-electron chi connectivity index (χ1n) is 3.51. The van der Waals surface area contributed by atoms with E-state index in [1.165, 1.54) is 0 Å². The Morgan fingerprint density at radius 2 is 2.25 bits per heavy atom. The van der Waals surface area contributed by atoms with Crippen LogP contribution in [-0.4, -0.2) is 31.1 Å². The van der Waals surface area contributed by atoms with E-state index in [1.807, 2.05) is 0 Å². The van der Waals surface area contributed by atoms with Gasteiger partial charge in [-0.1, -0.05) is 0 Å². The van der Waals surface area contributed by atoms with E-state index in [0.717, 1.165) is 0 Å². The molecule has 1 aliphatic heterocycles. The number of hydrogen-bond donors (Lipinski definition) is 3. The Hall–Kier alpha value is -0.400. The molecule has 0 saturated carbocycles. The molecule has 1 heterocycles. The summed E-state index contributed by atoms with van der Waals surface area (Å²) in [6.07, 6.45) is 0.601. The first kappa shape index (κ1) is 9.69. The highest BCUT2D eigenvalue weighted by molar-refractivity contribution is 7.91. The predicted molar refractivity (Wildman–Crippen MR) is 50.1 cm³/mol. The van der Waals surface area contributed by atoms with Crippen molar-refractivity contribution >= 4 is 27.2 Å². The lowest BCUT2D eigenvalue weighted by molar-refractivity contribution is 0.600. The zero-order chi connectivity index (χ0) is 9.19. The number of hydrazine groups is 1. The van der Waals surface area contributed by atoms with Gasteiger partial charge in [0.1, 0.15) is 0 Å². The summed E-state index contributed by atoms with van der Waals surface area (Å²) in [6, 6.07) is -0.0847. The third-order valence-corrected chi connectivity index (χ3v) is 3.70. The fourth-order valence-corrected chi connectivity index (χ4v) is 2.98. The molecule has 1 fully saturated rings. The Bertz CT molecular complexity index is 274. The van der Waals surface area contributed by atoms with Gasteiger partial charge >= 0.3 is 0 Å². The van der Waals surface area contributed by atoms with Gasteiger partial charge in [-0.05, 0) is 18.6 Å². The third kappa shape index (κ3) is 2.58. The van der Waals surface area contributed by atoms with Gasteiger partial charge in [-0.2, -0.15) is 0 Å². The van der Waals surface area contributed by atoms with Crippen LogP contribution in [0.2, 0.25) is 0 Å². The first-order chi connectivity index (χ1) is 5.53. The van der Waals surface area contributed by atoms with Crippen molar-refractivity contribution in [2.45, 2.75) is 12.5 Å². The van der Waals surface area contributed by atoms with Gasteiger partial charge in [0.25, 0.3) is 0 Å². The molecule has 7 heteroatoms. The van der Waals surface area contributed by atoms with Crippen molar-refractivity contribution < 1.29 is 8.42 Å². The molecular formula is C5H11N3O2S2. The van der Waals surface area contributed by atoms with Crippen molar-refractivity contribution in [3.63, 3.8) is 0 Å². The molecule has 1 rings (SSSR count). The summed E-state index contributed by atoms with van der Waals surface area (Å²) in [5.41, 5.74) is 2.24. The van der Waals surface area contributed by atoms with Crippen molar-refractivity contribution in [3.05, 3.63) is 0 Å². The fourth-order valence-electron chi connectivity index (χ4n) is 1.14. The van der Waals surface area contributed by atoms with Gasteiger partial charge in [0.15, 0.2) is 14.9 Å². The van der Waals surface area contributed by atoms with Crippen LogP contribution in [0.3, 0.4) is 0 Å². The summed E-state index contributed by atoms with van der Waals surface area (Å²) >= 11 is 4.72. The Morgan fingerprint density at radius 1 is 1.58 bits per heavy atom.